The summed E-state index contributed by atoms with van der Waals surface area (Å²) in [5.74, 6) is 0. The highest BCUT2D eigenvalue weighted by Crippen LogP contribution is 2.28. The molecular formula is C17H24N2O. The van der Waals surface area contributed by atoms with Gasteiger partial charge in [0.2, 0.25) is 0 Å². The first-order valence-electron chi connectivity index (χ1n) is 7.06. The Balaban J connectivity index is 2.33. The zero-order valence-electron chi connectivity index (χ0n) is 12.6. The molecular weight excluding hydrogens is 248 g/mol. The number of aliphatic hydroxyl groups excluding tert-OH is 1. The number of fused-ring (bicyclic) bond motifs is 1. The highest BCUT2D eigenvalue weighted by Gasteiger charge is 2.26. The van der Waals surface area contributed by atoms with Gasteiger partial charge in [0, 0.05) is 13.1 Å². The smallest absolute Gasteiger partial charge is 0.0652 e. The van der Waals surface area contributed by atoms with E-state index in [9.17, 15) is 5.11 Å². The van der Waals surface area contributed by atoms with E-state index in [1.54, 1.807) is 0 Å². The zero-order valence-corrected chi connectivity index (χ0v) is 12.6. The second kappa shape index (κ2) is 6.35. The van der Waals surface area contributed by atoms with Crippen molar-refractivity contribution in [3.63, 3.8) is 0 Å². The van der Waals surface area contributed by atoms with Gasteiger partial charge in [-0.25, -0.2) is 0 Å². The van der Waals surface area contributed by atoms with Crippen molar-refractivity contribution < 1.29 is 5.11 Å². The average Bonchev–Trinajstić information content (AvgIpc) is 2.46. The lowest BCUT2D eigenvalue weighted by Gasteiger charge is -2.31. The lowest BCUT2D eigenvalue weighted by atomic mass is 9.88. The monoisotopic (exact) mass is 272 g/mol. The summed E-state index contributed by atoms with van der Waals surface area (Å²) in [7, 11) is 4.10. The van der Waals surface area contributed by atoms with Crippen LogP contribution < -0.4 is 5.32 Å². The quantitative estimate of drug-likeness (QED) is 0.846. The van der Waals surface area contributed by atoms with Crippen LogP contribution in [0, 0.1) is 0 Å². The first kappa shape index (κ1) is 15.0. The van der Waals surface area contributed by atoms with Gasteiger partial charge in [-0.2, -0.15) is 0 Å². The Bertz CT molecular complexity index is 562. The van der Waals surface area contributed by atoms with Crippen LogP contribution in [0.15, 0.2) is 42.5 Å². The molecule has 2 aromatic rings. The van der Waals surface area contributed by atoms with Crippen LogP contribution in [-0.4, -0.2) is 43.8 Å². The molecule has 0 saturated heterocycles. The summed E-state index contributed by atoms with van der Waals surface area (Å²) in [5, 5.41) is 15.8. The summed E-state index contributed by atoms with van der Waals surface area (Å²) in [5.41, 5.74) is 0.730. The minimum atomic E-state index is -0.420. The first-order chi connectivity index (χ1) is 9.57. The second-order valence-corrected chi connectivity index (χ2v) is 5.75. The largest absolute Gasteiger partial charge is 0.394 e. The third-order valence-corrected chi connectivity index (χ3v) is 3.77. The second-order valence-electron chi connectivity index (χ2n) is 5.75. The van der Waals surface area contributed by atoms with E-state index in [0.29, 0.717) is 0 Å². The van der Waals surface area contributed by atoms with Gasteiger partial charge in [0.1, 0.15) is 0 Å². The van der Waals surface area contributed by atoms with E-state index >= 15 is 0 Å². The summed E-state index contributed by atoms with van der Waals surface area (Å²) in [6, 6.07) is 14.6. The summed E-state index contributed by atoms with van der Waals surface area (Å²) in [6.07, 6.45) is 0. The molecule has 0 spiro atoms. The Labute approximate surface area is 121 Å². The molecule has 0 aliphatic carbocycles. The van der Waals surface area contributed by atoms with Crippen LogP contribution >= 0.6 is 0 Å². The van der Waals surface area contributed by atoms with Gasteiger partial charge in [0.15, 0.2) is 0 Å². The van der Waals surface area contributed by atoms with Crippen LogP contribution in [0.4, 0.5) is 0 Å². The number of likely N-dealkylation sites (N-methyl/N-ethyl adjacent to an activating group) is 1. The molecule has 3 heteroatoms. The number of benzene rings is 2. The molecule has 108 valence electrons. The third kappa shape index (κ3) is 3.18. The summed E-state index contributed by atoms with van der Waals surface area (Å²) in [4.78, 5) is 2.13. The number of nitrogens with one attached hydrogen (secondary N) is 1. The number of hydrogen-bond acceptors (Lipinski definition) is 3. The van der Waals surface area contributed by atoms with Crippen LogP contribution in [0.3, 0.4) is 0 Å². The third-order valence-electron chi connectivity index (χ3n) is 3.77. The molecule has 2 aromatic carbocycles. The maximum absolute atomic E-state index is 9.89. The highest BCUT2D eigenvalue weighted by molar-refractivity contribution is 5.86. The van der Waals surface area contributed by atoms with E-state index in [0.717, 1.165) is 18.7 Å². The maximum Gasteiger partial charge on any atom is 0.0652 e. The van der Waals surface area contributed by atoms with Crippen molar-refractivity contribution in [2.24, 2.45) is 0 Å². The average molecular weight is 272 g/mol. The molecule has 0 bridgehead atoms. The van der Waals surface area contributed by atoms with Crippen molar-refractivity contribution in [3.8, 4) is 0 Å². The summed E-state index contributed by atoms with van der Waals surface area (Å²) < 4.78 is 0. The standard InChI is InChI=1S/C17H24N2O/c1-17(13-20,18-11-12-19(2)3)16-10-6-8-14-7-4-5-9-15(14)16/h4-10,18,20H,11-13H2,1-3H3. The van der Waals surface area contributed by atoms with Gasteiger partial charge in [-0.15, -0.1) is 0 Å². The molecule has 0 aromatic heterocycles. The molecule has 2 rings (SSSR count). The van der Waals surface area contributed by atoms with Gasteiger partial charge >= 0.3 is 0 Å². The van der Waals surface area contributed by atoms with Crippen LogP contribution in [0.1, 0.15) is 12.5 Å². The van der Waals surface area contributed by atoms with Crippen molar-refractivity contribution in [3.05, 3.63) is 48.0 Å². The van der Waals surface area contributed by atoms with Gasteiger partial charge in [0.25, 0.3) is 0 Å². The van der Waals surface area contributed by atoms with Crippen LogP contribution in [0.5, 0.6) is 0 Å². The lowest BCUT2D eigenvalue weighted by Crippen LogP contribution is -2.45. The van der Waals surface area contributed by atoms with Gasteiger partial charge in [-0.05, 0) is 37.4 Å². The molecule has 3 nitrogen and oxygen atoms in total. The Morgan fingerprint density at radius 2 is 1.80 bits per heavy atom. The fraction of sp³-hybridized carbons (Fsp3) is 0.412. The number of hydrogen-bond donors (Lipinski definition) is 2. The molecule has 0 heterocycles. The zero-order chi connectivity index (χ0) is 14.6. The Morgan fingerprint density at radius 3 is 2.50 bits per heavy atom. The molecule has 2 N–H and O–H groups in total. The molecule has 0 saturated carbocycles. The van der Waals surface area contributed by atoms with Gasteiger partial charge in [0.05, 0.1) is 12.1 Å². The van der Waals surface area contributed by atoms with Gasteiger partial charge in [-0.3, -0.25) is 0 Å². The Morgan fingerprint density at radius 1 is 1.10 bits per heavy atom. The maximum atomic E-state index is 9.89. The Hall–Kier alpha value is -1.42. The van der Waals surface area contributed by atoms with E-state index in [4.69, 9.17) is 0 Å². The molecule has 0 fully saturated rings. The molecule has 0 amide bonds. The van der Waals surface area contributed by atoms with Crippen molar-refractivity contribution in [2.75, 3.05) is 33.8 Å². The topological polar surface area (TPSA) is 35.5 Å². The molecule has 1 unspecified atom stereocenters. The fourth-order valence-electron chi connectivity index (χ4n) is 2.50. The number of aliphatic hydroxyl groups is 1. The van der Waals surface area contributed by atoms with E-state index in [-0.39, 0.29) is 6.61 Å². The van der Waals surface area contributed by atoms with Crippen molar-refractivity contribution >= 4 is 10.8 Å². The normalized spacial score (nSPS) is 14.7. The predicted molar refractivity (Wildman–Crippen MR) is 84.9 cm³/mol. The van der Waals surface area contributed by atoms with Crippen molar-refractivity contribution in [1.82, 2.24) is 10.2 Å². The molecule has 0 radical (unpaired) electrons. The highest BCUT2D eigenvalue weighted by atomic mass is 16.3. The lowest BCUT2D eigenvalue weighted by molar-refractivity contribution is 0.173. The fourth-order valence-corrected chi connectivity index (χ4v) is 2.50. The summed E-state index contributed by atoms with van der Waals surface area (Å²) >= 11 is 0. The summed E-state index contributed by atoms with van der Waals surface area (Å²) in [6.45, 7) is 3.92. The van der Waals surface area contributed by atoms with Crippen molar-refractivity contribution in [2.45, 2.75) is 12.5 Å². The van der Waals surface area contributed by atoms with Crippen LogP contribution in [0.25, 0.3) is 10.8 Å². The Kier molecular flexibility index (Phi) is 4.76. The van der Waals surface area contributed by atoms with Gasteiger partial charge in [-0.1, -0.05) is 42.5 Å². The van der Waals surface area contributed by atoms with Crippen LogP contribution in [-0.2, 0) is 5.54 Å². The van der Waals surface area contributed by atoms with Crippen molar-refractivity contribution in [1.29, 1.82) is 0 Å². The number of rotatable bonds is 6. The molecule has 1 atom stereocenters. The van der Waals surface area contributed by atoms with E-state index < -0.39 is 5.54 Å². The SMILES string of the molecule is CN(C)CCNC(C)(CO)c1cccc2ccccc12. The molecule has 0 aliphatic heterocycles. The first-order valence-corrected chi connectivity index (χ1v) is 7.06. The molecule has 0 aliphatic rings. The van der Waals surface area contributed by atoms with Crippen LogP contribution in [0.2, 0.25) is 0 Å². The van der Waals surface area contributed by atoms with E-state index in [2.05, 4.69) is 61.6 Å². The van der Waals surface area contributed by atoms with Gasteiger partial charge < -0.3 is 15.3 Å². The minimum absolute atomic E-state index is 0.0778. The minimum Gasteiger partial charge on any atom is -0.394 e. The molecule has 20 heavy (non-hydrogen) atoms. The predicted octanol–water partition coefficient (Wildman–Crippen LogP) is 2.20. The number of nitrogens with zero attached hydrogens (tertiary/aromatic N) is 1. The van der Waals surface area contributed by atoms with E-state index in [1.165, 1.54) is 10.8 Å². The van der Waals surface area contributed by atoms with E-state index in [1.807, 2.05) is 12.1 Å².